The number of hydrogen-bond donors (Lipinski definition) is 0. The molecule has 0 aliphatic carbocycles. The minimum Gasteiger partial charge on any atom is -0.0695 e. The molecule has 0 spiro atoms. The smallest absolute Gasteiger partial charge is 0.0447 e. The summed E-state index contributed by atoms with van der Waals surface area (Å²) in [5.74, 6) is 0. The molecule has 0 saturated carbocycles. The molecule has 0 amide bonds. The van der Waals surface area contributed by atoms with Crippen LogP contribution in [-0.4, -0.2) is 8.07 Å². The predicted molar refractivity (Wildman–Crippen MR) is 52.2 cm³/mol. The molecule has 0 aromatic heterocycles. The first-order chi connectivity index (χ1) is 4.27. The van der Waals surface area contributed by atoms with Gasteiger partial charge in [0.25, 0.3) is 0 Å². The van der Waals surface area contributed by atoms with Crippen LogP contribution in [0.4, 0.5) is 0 Å². The van der Waals surface area contributed by atoms with Crippen molar-refractivity contribution < 1.29 is 0 Å². The minimum absolute atomic E-state index is 0.588. The maximum Gasteiger partial charge on any atom is 0.0447 e. The summed E-state index contributed by atoms with van der Waals surface area (Å²) in [5.41, 5.74) is 0.588. The molecule has 0 bridgehead atoms. The molecule has 0 heterocycles. The van der Waals surface area contributed by atoms with Crippen LogP contribution in [0.1, 0.15) is 27.2 Å². The summed E-state index contributed by atoms with van der Waals surface area (Å²) in [6.07, 6.45) is 1.32. The van der Waals surface area contributed by atoms with Crippen molar-refractivity contribution in [3.63, 3.8) is 0 Å². The Hall–Kier alpha value is 0.217. The van der Waals surface area contributed by atoms with Gasteiger partial charge in [-0.05, 0) is 5.41 Å². The van der Waals surface area contributed by atoms with E-state index >= 15 is 0 Å². The Morgan fingerprint density at radius 2 is 1.50 bits per heavy atom. The standard InChI is InChI=1S/C9H22Si/c1-7-9(2,3)8-10(4,5)6/h7-8H2,1-6H3. The first kappa shape index (κ1) is 10.2. The minimum atomic E-state index is -0.814. The molecule has 0 aromatic rings. The van der Waals surface area contributed by atoms with Crippen LogP contribution in [0.25, 0.3) is 0 Å². The van der Waals surface area contributed by atoms with E-state index in [1.807, 2.05) is 0 Å². The van der Waals surface area contributed by atoms with Gasteiger partial charge in [0.1, 0.15) is 0 Å². The van der Waals surface area contributed by atoms with Gasteiger partial charge in [-0.3, -0.25) is 0 Å². The average molecular weight is 158 g/mol. The van der Waals surface area contributed by atoms with Crippen molar-refractivity contribution in [1.82, 2.24) is 0 Å². The lowest BCUT2D eigenvalue weighted by Gasteiger charge is -2.29. The highest BCUT2D eigenvalue weighted by atomic mass is 28.3. The van der Waals surface area contributed by atoms with Crippen LogP contribution in [0.3, 0.4) is 0 Å². The topological polar surface area (TPSA) is 0 Å². The van der Waals surface area contributed by atoms with Crippen molar-refractivity contribution in [2.24, 2.45) is 5.41 Å². The summed E-state index contributed by atoms with van der Waals surface area (Å²) in [6, 6.07) is 1.45. The molecular formula is C9H22Si. The summed E-state index contributed by atoms with van der Waals surface area (Å²) in [5, 5.41) is 0. The van der Waals surface area contributed by atoms with E-state index in [-0.39, 0.29) is 0 Å². The summed E-state index contributed by atoms with van der Waals surface area (Å²) in [7, 11) is -0.814. The van der Waals surface area contributed by atoms with Crippen LogP contribution in [0.15, 0.2) is 0 Å². The third-order valence-electron chi connectivity index (χ3n) is 1.97. The molecule has 0 aromatic carbocycles. The van der Waals surface area contributed by atoms with Crippen LogP contribution in [0.5, 0.6) is 0 Å². The summed E-state index contributed by atoms with van der Waals surface area (Å²) in [6.45, 7) is 14.4. The van der Waals surface area contributed by atoms with Crippen molar-refractivity contribution in [1.29, 1.82) is 0 Å². The largest absolute Gasteiger partial charge is 0.0695 e. The van der Waals surface area contributed by atoms with E-state index in [0.717, 1.165) is 0 Å². The molecule has 0 unspecified atom stereocenters. The fourth-order valence-electron chi connectivity index (χ4n) is 1.56. The number of rotatable bonds is 3. The van der Waals surface area contributed by atoms with Crippen LogP contribution in [0, 0.1) is 5.41 Å². The molecule has 0 saturated heterocycles. The van der Waals surface area contributed by atoms with Gasteiger partial charge in [-0.15, -0.1) is 0 Å². The van der Waals surface area contributed by atoms with Crippen LogP contribution >= 0.6 is 0 Å². The molecule has 1 heteroatoms. The fourth-order valence-corrected chi connectivity index (χ4v) is 4.68. The maximum absolute atomic E-state index is 2.45. The second kappa shape index (κ2) is 3.08. The molecule has 0 nitrogen and oxygen atoms in total. The molecule has 0 N–H and O–H groups in total. The second-order valence-corrected chi connectivity index (χ2v) is 10.7. The van der Waals surface area contributed by atoms with Crippen molar-refractivity contribution in [2.75, 3.05) is 0 Å². The van der Waals surface area contributed by atoms with E-state index in [1.165, 1.54) is 12.5 Å². The second-order valence-electron chi connectivity index (χ2n) is 5.26. The monoisotopic (exact) mass is 158 g/mol. The van der Waals surface area contributed by atoms with Gasteiger partial charge < -0.3 is 0 Å². The molecule has 0 aliphatic heterocycles. The van der Waals surface area contributed by atoms with Gasteiger partial charge in [0.2, 0.25) is 0 Å². The molecule has 10 heavy (non-hydrogen) atoms. The molecule has 62 valence electrons. The van der Waals surface area contributed by atoms with Gasteiger partial charge in [0.15, 0.2) is 0 Å². The zero-order valence-corrected chi connectivity index (χ0v) is 9.41. The first-order valence-corrected chi connectivity index (χ1v) is 7.97. The Balaban J connectivity index is 3.89. The van der Waals surface area contributed by atoms with E-state index in [9.17, 15) is 0 Å². The molecule has 0 fully saturated rings. The summed E-state index contributed by atoms with van der Waals surface area (Å²) < 4.78 is 0. The predicted octanol–water partition coefficient (Wildman–Crippen LogP) is 3.76. The third kappa shape index (κ3) is 5.04. The highest BCUT2D eigenvalue weighted by Crippen LogP contribution is 2.31. The van der Waals surface area contributed by atoms with E-state index in [4.69, 9.17) is 0 Å². The third-order valence-corrected chi connectivity index (χ3v) is 3.98. The van der Waals surface area contributed by atoms with E-state index in [0.29, 0.717) is 5.41 Å². The average Bonchev–Trinajstić information content (AvgIpc) is 1.60. The van der Waals surface area contributed by atoms with E-state index in [1.54, 1.807) is 0 Å². The highest BCUT2D eigenvalue weighted by molar-refractivity contribution is 6.76. The van der Waals surface area contributed by atoms with Gasteiger partial charge in [0, 0.05) is 8.07 Å². The first-order valence-electron chi connectivity index (χ1n) is 4.27. The van der Waals surface area contributed by atoms with Crippen molar-refractivity contribution >= 4 is 8.07 Å². The van der Waals surface area contributed by atoms with Gasteiger partial charge in [-0.2, -0.15) is 0 Å². The quantitative estimate of drug-likeness (QED) is 0.549. The van der Waals surface area contributed by atoms with Gasteiger partial charge in [0.05, 0.1) is 0 Å². The summed E-state index contributed by atoms with van der Waals surface area (Å²) in [4.78, 5) is 0. The highest BCUT2D eigenvalue weighted by Gasteiger charge is 2.24. The fraction of sp³-hybridized carbons (Fsp3) is 1.00. The van der Waals surface area contributed by atoms with Crippen LogP contribution in [-0.2, 0) is 0 Å². The Labute approximate surface area is 67.0 Å². The van der Waals surface area contributed by atoms with Crippen LogP contribution in [0.2, 0.25) is 25.7 Å². The van der Waals surface area contributed by atoms with Gasteiger partial charge in [-0.25, -0.2) is 0 Å². The normalized spacial score (nSPS) is 13.8. The van der Waals surface area contributed by atoms with E-state index < -0.39 is 8.07 Å². The zero-order chi connectivity index (χ0) is 8.41. The summed E-state index contributed by atoms with van der Waals surface area (Å²) >= 11 is 0. The zero-order valence-electron chi connectivity index (χ0n) is 8.41. The van der Waals surface area contributed by atoms with E-state index in [2.05, 4.69) is 40.4 Å². The lowest BCUT2D eigenvalue weighted by Crippen LogP contribution is -2.28. The molecule has 0 aliphatic rings. The lowest BCUT2D eigenvalue weighted by molar-refractivity contribution is 0.392. The molecule has 0 atom stereocenters. The Morgan fingerprint density at radius 3 is 1.60 bits per heavy atom. The molecule has 0 rings (SSSR count). The SMILES string of the molecule is CCC(C)(C)C[Si](C)(C)C. The maximum atomic E-state index is 2.45. The lowest BCUT2D eigenvalue weighted by atomic mass is 9.93. The Kier molecular flexibility index (Phi) is 3.15. The van der Waals surface area contributed by atoms with Gasteiger partial charge >= 0.3 is 0 Å². The molecule has 0 radical (unpaired) electrons. The number of hydrogen-bond acceptors (Lipinski definition) is 0. The van der Waals surface area contributed by atoms with Crippen molar-refractivity contribution in [3.8, 4) is 0 Å². The Bertz CT molecular complexity index is 97.8. The molecular weight excluding hydrogens is 136 g/mol. The van der Waals surface area contributed by atoms with Crippen LogP contribution < -0.4 is 0 Å². The van der Waals surface area contributed by atoms with Gasteiger partial charge in [-0.1, -0.05) is 52.9 Å². The van der Waals surface area contributed by atoms with Crippen molar-refractivity contribution in [3.05, 3.63) is 0 Å². The van der Waals surface area contributed by atoms with Crippen molar-refractivity contribution in [2.45, 2.75) is 52.9 Å². The Morgan fingerprint density at radius 1 is 1.10 bits per heavy atom.